The number of thioether (sulfide) groups is 2. The molecule has 4 aromatic rings. The van der Waals surface area contributed by atoms with Gasteiger partial charge in [0.1, 0.15) is 5.75 Å². The molecule has 2 aliphatic heterocycles. The summed E-state index contributed by atoms with van der Waals surface area (Å²) >= 11 is 6.30. The molecule has 2 aliphatic rings. The van der Waals surface area contributed by atoms with E-state index >= 15 is 0 Å². The smallest absolute Gasteiger partial charge is 0.272 e. The molecule has 1 atom stereocenters. The number of amides is 1. The minimum atomic E-state index is -0.212. The Hall–Kier alpha value is -3.34. The zero-order valence-corrected chi connectivity index (χ0v) is 25.8. The number of halogens is 1. The summed E-state index contributed by atoms with van der Waals surface area (Å²) in [6, 6.07) is 23.3. The molecule has 0 saturated heterocycles. The molecular formula is C31H27BrN4O3S2. The van der Waals surface area contributed by atoms with E-state index in [1.54, 1.807) is 16.7 Å². The number of fused-ring (bicyclic) bond motifs is 1. The highest BCUT2D eigenvalue weighted by atomic mass is 79.9. The molecule has 0 N–H and O–H groups in total. The SMILES string of the molecule is COc1ccc(-n2c(SCC(=O)N3N=C(c4ccc(Br)cc4)CC3c3ccc(C)cc3)nc3c(c2=O)SCC3)cc1. The average Bonchev–Trinajstić information content (AvgIpc) is 3.65. The zero-order chi connectivity index (χ0) is 28.5. The number of hydrogen-bond acceptors (Lipinski definition) is 7. The quantitative estimate of drug-likeness (QED) is 0.170. The lowest BCUT2D eigenvalue weighted by Crippen LogP contribution is -2.29. The number of hydrazone groups is 1. The molecule has 0 aliphatic carbocycles. The molecule has 1 aromatic heterocycles. The number of carbonyl (C=O) groups excluding carboxylic acids is 1. The summed E-state index contributed by atoms with van der Waals surface area (Å²) in [5.41, 5.74) is 5.42. The average molecular weight is 648 g/mol. The molecule has 208 valence electrons. The van der Waals surface area contributed by atoms with E-state index < -0.39 is 0 Å². The molecule has 7 nitrogen and oxygen atoms in total. The van der Waals surface area contributed by atoms with Crippen LogP contribution in [0, 0.1) is 6.92 Å². The van der Waals surface area contributed by atoms with Gasteiger partial charge in [0.05, 0.1) is 40.9 Å². The van der Waals surface area contributed by atoms with Gasteiger partial charge in [0.15, 0.2) is 5.16 Å². The highest BCUT2D eigenvalue weighted by Crippen LogP contribution is 2.35. The molecule has 0 bridgehead atoms. The largest absolute Gasteiger partial charge is 0.497 e. The van der Waals surface area contributed by atoms with Crippen LogP contribution in [-0.4, -0.2) is 44.8 Å². The van der Waals surface area contributed by atoms with Gasteiger partial charge in [-0.25, -0.2) is 9.99 Å². The fourth-order valence-electron chi connectivity index (χ4n) is 4.95. The fourth-order valence-corrected chi connectivity index (χ4v) is 7.12. The van der Waals surface area contributed by atoms with Gasteiger partial charge < -0.3 is 4.74 Å². The highest BCUT2D eigenvalue weighted by Gasteiger charge is 2.33. The lowest BCUT2D eigenvalue weighted by Gasteiger charge is -2.22. The Bertz CT molecular complexity index is 1690. The van der Waals surface area contributed by atoms with Crippen molar-refractivity contribution in [3.8, 4) is 11.4 Å². The maximum atomic E-state index is 13.8. The Morgan fingerprint density at radius 3 is 2.51 bits per heavy atom. The number of carbonyl (C=O) groups is 1. The topological polar surface area (TPSA) is 76.8 Å². The Balaban J connectivity index is 1.31. The van der Waals surface area contributed by atoms with Gasteiger partial charge in [-0.15, -0.1) is 11.8 Å². The summed E-state index contributed by atoms with van der Waals surface area (Å²) in [5.74, 6) is 1.48. The molecule has 10 heteroatoms. The molecule has 3 aromatic carbocycles. The van der Waals surface area contributed by atoms with Gasteiger partial charge in [0.25, 0.3) is 11.5 Å². The Kier molecular flexibility index (Phi) is 8.05. The maximum absolute atomic E-state index is 13.8. The van der Waals surface area contributed by atoms with Crippen LogP contribution in [0.4, 0.5) is 0 Å². The van der Waals surface area contributed by atoms with Gasteiger partial charge in [-0.3, -0.25) is 14.2 Å². The van der Waals surface area contributed by atoms with Crippen LogP contribution < -0.4 is 10.3 Å². The number of aryl methyl sites for hydroxylation is 2. The molecular weight excluding hydrogens is 620 g/mol. The van der Waals surface area contributed by atoms with E-state index in [1.165, 1.54) is 23.5 Å². The lowest BCUT2D eigenvalue weighted by atomic mass is 9.98. The minimum absolute atomic E-state index is 0.0913. The van der Waals surface area contributed by atoms with Crippen LogP contribution in [0.15, 0.2) is 97.2 Å². The van der Waals surface area contributed by atoms with Crippen molar-refractivity contribution >= 4 is 51.1 Å². The third-order valence-electron chi connectivity index (χ3n) is 7.13. The molecule has 1 amide bonds. The number of hydrogen-bond donors (Lipinski definition) is 0. The van der Waals surface area contributed by atoms with Crippen molar-refractivity contribution in [3.63, 3.8) is 0 Å². The van der Waals surface area contributed by atoms with Crippen molar-refractivity contribution in [2.45, 2.75) is 35.9 Å². The second kappa shape index (κ2) is 11.9. The van der Waals surface area contributed by atoms with Gasteiger partial charge in [-0.1, -0.05) is 69.7 Å². The monoisotopic (exact) mass is 646 g/mol. The molecule has 6 rings (SSSR count). The molecule has 0 fully saturated rings. The van der Waals surface area contributed by atoms with Crippen molar-refractivity contribution in [2.75, 3.05) is 18.6 Å². The zero-order valence-electron chi connectivity index (χ0n) is 22.5. The van der Waals surface area contributed by atoms with Gasteiger partial charge in [-0.2, -0.15) is 5.10 Å². The fraction of sp³-hybridized carbons (Fsp3) is 0.226. The molecule has 3 heterocycles. The number of aromatic nitrogens is 2. The molecule has 41 heavy (non-hydrogen) atoms. The summed E-state index contributed by atoms with van der Waals surface area (Å²) in [6.45, 7) is 2.05. The van der Waals surface area contributed by atoms with Crippen LogP contribution in [0.2, 0.25) is 0 Å². The summed E-state index contributed by atoms with van der Waals surface area (Å²) in [6.07, 6.45) is 1.36. The predicted octanol–water partition coefficient (Wildman–Crippen LogP) is 6.43. The van der Waals surface area contributed by atoms with Gasteiger partial charge in [0.2, 0.25) is 0 Å². The van der Waals surface area contributed by atoms with E-state index in [9.17, 15) is 9.59 Å². The normalized spacial score (nSPS) is 16.0. The highest BCUT2D eigenvalue weighted by molar-refractivity contribution is 9.10. The van der Waals surface area contributed by atoms with Crippen molar-refractivity contribution in [2.24, 2.45) is 5.10 Å². The Morgan fingerprint density at radius 1 is 1.07 bits per heavy atom. The third-order valence-corrected chi connectivity index (χ3v) is 9.69. The first-order valence-corrected chi connectivity index (χ1v) is 16.0. The van der Waals surface area contributed by atoms with Crippen LogP contribution in [0.5, 0.6) is 5.75 Å². The van der Waals surface area contributed by atoms with Crippen LogP contribution in [0.3, 0.4) is 0 Å². The number of benzene rings is 3. The number of nitrogens with zero attached hydrogens (tertiary/aromatic N) is 4. The molecule has 1 unspecified atom stereocenters. The Labute approximate surface area is 255 Å². The van der Waals surface area contributed by atoms with Crippen LogP contribution in [0.1, 0.15) is 34.8 Å². The summed E-state index contributed by atoms with van der Waals surface area (Å²) < 4.78 is 7.89. The van der Waals surface area contributed by atoms with Gasteiger partial charge in [-0.05, 0) is 54.4 Å². The molecule has 0 radical (unpaired) electrons. The van der Waals surface area contributed by atoms with E-state index in [2.05, 4.69) is 40.2 Å². The summed E-state index contributed by atoms with van der Waals surface area (Å²) in [5, 5.41) is 6.92. The predicted molar refractivity (Wildman–Crippen MR) is 168 cm³/mol. The van der Waals surface area contributed by atoms with E-state index in [0.29, 0.717) is 27.9 Å². The van der Waals surface area contributed by atoms with Crippen LogP contribution >= 0.6 is 39.5 Å². The van der Waals surface area contributed by atoms with E-state index in [-0.39, 0.29) is 23.3 Å². The van der Waals surface area contributed by atoms with Crippen molar-refractivity contribution < 1.29 is 9.53 Å². The first-order chi connectivity index (χ1) is 19.9. The van der Waals surface area contributed by atoms with Crippen molar-refractivity contribution in [1.29, 1.82) is 0 Å². The number of methoxy groups -OCH3 is 1. The van der Waals surface area contributed by atoms with Crippen LogP contribution in [0.25, 0.3) is 5.69 Å². The number of ether oxygens (including phenoxy) is 1. The second-order valence-corrected chi connectivity index (χ2v) is 12.8. The third kappa shape index (κ3) is 5.73. The summed E-state index contributed by atoms with van der Waals surface area (Å²) in [4.78, 5) is 32.9. The molecule has 0 saturated carbocycles. The van der Waals surface area contributed by atoms with Crippen LogP contribution in [-0.2, 0) is 11.2 Å². The second-order valence-electron chi connectivity index (χ2n) is 9.82. The van der Waals surface area contributed by atoms with Crippen molar-refractivity contribution in [1.82, 2.24) is 14.6 Å². The van der Waals surface area contributed by atoms with Gasteiger partial charge >= 0.3 is 0 Å². The first kappa shape index (κ1) is 27.8. The van der Waals surface area contributed by atoms with E-state index in [4.69, 9.17) is 14.8 Å². The van der Waals surface area contributed by atoms with E-state index in [0.717, 1.165) is 44.7 Å². The minimum Gasteiger partial charge on any atom is -0.497 e. The maximum Gasteiger partial charge on any atom is 0.272 e. The summed E-state index contributed by atoms with van der Waals surface area (Å²) in [7, 11) is 1.61. The molecule has 0 spiro atoms. The number of rotatable bonds is 7. The standard InChI is InChI=1S/C31H27BrN4O3S2/c1-19-3-5-21(6-4-19)27-17-26(20-7-9-22(32)10-8-20)34-36(27)28(37)18-41-31-33-25-15-16-40-29(25)30(38)35(31)23-11-13-24(39-2)14-12-23/h3-14,27H,15-18H2,1-2H3. The van der Waals surface area contributed by atoms with E-state index in [1.807, 2.05) is 55.5 Å². The first-order valence-electron chi connectivity index (χ1n) is 13.2. The Morgan fingerprint density at radius 2 is 1.80 bits per heavy atom. The van der Waals surface area contributed by atoms with Gasteiger partial charge in [0, 0.05) is 23.1 Å². The lowest BCUT2D eigenvalue weighted by molar-refractivity contribution is -0.130. The van der Waals surface area contributed by atoms with Crippen molar-refractivity contribution in [3.05, 3.63) is 110 Å².